The second kappa shape index (κ2) is 7.72. The van der Waals surface area contributed by atoms with Crippen LogP contribution in [0.2, 0.25) is 0 Å². The van der Waals surface area contributed by atoms with Crippen molar-refractivity contribution in [2.45, 2.75) is 19.4 Å². The van der Waals surface area contributed by atoms with E-state index in [-0.39, 0.29) is 17.7 Å². The fraction of sp³-hybridized carbons (Fsp3) is 0.308. The summed E-state index contributed by atoms with van der Waals surface area (Å²) in [6.07, 6.45) is -0.266. The predicted molar refractivity (Wildman–Crippen MR) is 73.0 cm³/mol. The van der Waals surface area contributed by atoms with E-state index >= 15 is 0 Å². The molecule has 0 radical (unpaired) electrons. The summed E-state index contributed by atoms with van der Waals surface area (Å²) in [5, 5.41) is 22.1. The quantitative estimate of drug-likeness (QED) is 0.419. The first kappa shape index (κ1) is 17.1. The maximum absolute atomic E-state index is 11.5. The topological polar surface area (TPSA) is 136 Å². The number of carboxylic acids is 1. The Morgan fingerprint density at radius 1 is 1.36 bits per heavy atom. The minimum absolute atomic E-state index is 0.174. The van der Waals surface area contributed by atoms with Crippen LogP contribution >= 0.6 is 0 Å². The fourth-order valence-electron chi connectivity index (χ4n) is 1.68. The molecule has 1 aromatic rings. The largest absolute Gasteiger partial charge is 0.480 e. The summed E-state index contributed by atoms with van der Waals surface area (Å²) >= 11 is 0. The van der Waals surface area contributed by atoms with Gasteiger partial charge in [-0.05, 0) is 0 Å². The minimum atomic E-state index is -1.37. The third-order valence-electron chi connectivity index (χ3n) is 2.65. The molecular weight excluding hydrogens is 296 g/mol. The van der Waals surface area contributed by atoms with Crippen molar-refractivity contribution in [3.8, 4) is 0 Å². The predicted octanol–water partition coefficient (Wildman–Crippen LogP) is 0.270. The Morgan fingerprint density at radius 2 is 2.00 bits per heavy atom. The molecular formula is C13H14N2O7. The van der Waals surface area contributed by atoms with E-state index in [1.165, 1.54) is 24.3 Å². The van der Waals surface area contributed by atoms with E-state index in [1.54, 1.807) is 0 Å². The van der Waals surface area contributed by atoms with Gasteiger partial charge >= 0.3 is 11.9 Å². The number of para-hydroxylation sites is 1. The van der Waals surface area contributed by atoms with Crippen LogP contribution in [0.25, 0.3) is 0 Å². The normalized spacial score (nSPS) is 11.3. The van der Waals surface area contributed by atoms with Gasteiger partial charge in [-0.3, -0.25) is 19.7 Å². The van der Waals surface area contributed by atoms with Crippen molar-refractivity contribution in [1.82, 2.24) is 5.32 Å². The highest BCUT2D eigenvalue weighted by Gasteiger charge is 2.24. The average molecular weight is 310 g/mol. The second-order valence-corrected chi connectivity index (χ2v) is 4.33. The molecule has 0 aromatic heterocycles. The second-order valence-electron chi connectivity index (χ2n) is 4.33. The zero-order chi connectivity index (χ0) is 16.7. The van der Waals surface area contributed by atoms with Crippen molar-refractivity contribution in [3.63, 3.8) is 0 Å². The van der Waals surface area contributed by atoms with Crippen LogP contribution in [-0.2, 0) is 25.5 Å². The van der Waals surface area contributed by atoms with Crippen LogP contribution in [0.1, 0.15) is 12.5 Å². The molecule has 118 valence electrons. The van der Waals surface area contributed by atoms with Gasteiger partial charge in [-0.2, -0.15) is 0 Å². The van der Waals surface area contributed by atoms with E-state index in [9.17, 15) is 24.5 Å². The highest BCUT2D eigenvalue weighted by atomic mass is 16.6. The van der Waals surface area contributed by atoms with E-state index in [1.807, 2.05) is 0 Å². The van der Waals surface area contributed by atoms with Crippen LogP contribution in [-0.4, -0.2) is 40.5 Å². The van der Waals surface area contributed by atoms with Crippen molar-refractivity contribution in [2.75, 3.05) is 6.61 Å². The molecule has 0 heterocycles. The highest BCUT2D eigenvalue weighted by molar-refractivity contribution is 5.85. The van der Waals surface area contributed by atoms with Crippen molar-refractivity contribution in [2.24, 2.45) is 0 Å². The number of carbonyl (C=O) groups excluding carboxylic acids is 2. The van der Waals surface area contributed by atoms with E-state index in [0.29, 0.717) is 0 Å². The zero-order valence-corrected chi connectivity index (χ0v) is 11.6. The van der Waals surface area contributed by atoms with Gasteiger partial charge in [0.15, 0.2) is 6.61 Å². The maximum Gasteiger partial charge on any atom is 0.326 e. The third kappa shape index (κ3) is 5.19. The molecule has 9 heteroatoms. The van der Waals surface area contributed by atoms with Crippen molar-refractivity contribution in [3.05, 3.63) is 39.9 Å². The lowest BCUT2D eigenvalue weighted by molar-refractivity contribution is -0.385. The van der Waals surface area contributed by atoms with E-state index in [4.69, 9.17) is 5.11 Å². The SMILES string of the molecule is CC(=O)OCC(=O)N[C@H](Cc1ccccc1[N+](=O)[O-])C(=O)O. The number of nitrogens with one attached hydrogen (secondary N) is 1. The molecule has 0 aliphatic rings. The van der Waals surface area contributed by atoms with Gasteiger partial charge in [0.2, 0.25) is 0 Å². The lowest BCUT2D eigenvalue weighted by Crippen LogP contribution is -2.44. The van der Waals surface area contributed by atoms with Crippen LogP contribution < -0.4 is 5.32 Å². The van der Waals surface area contributed by atoms with Crippen LogP contribution in [0, 0.1) is 10.1 Å². The number of hydrogen-bond acceptors (Lipinski definition) is 6. The Labute approximate surface area is 125 Å². The van der Waals surface area contributed by atoms with Gasteiger partial charge in [0.1, 0.15) is 6.04 Å². The number of hydrogen-bond donors (Lipinski definition) is 2. The zero-order valence-electron chi connectivity index (χ0n) is 11.6. The molecule has 0 saturated heterocycles. The molecule has 1 rings (SSSR count). The van der Waals surface area contributed by atoms with Gasteiger partial charge in [-0.1, -0.05) is 18.2 Å². The van der Waals surface area contributed by atoms with Gasteiger partial charge < -0.3 is 15.2 Å². The Kier molecular flexibility index (Phi) is 5.99. The maximum atomic E-state index is 11.5. The van der Waals surface area contributed by atoms with Gasteiger partial charge in [0.25, 0.3) is 11.6 Å². The number of nitrogens with zero attached hydrogens (tertiary/aromatic N) is 1. The number of ether oxygens (including phenoxy) is 1. The first-order valence-electron chi connectivity index (χ1n) is 6.19. The van der Waals surface area contributed by atoms with Crippen molar-refractivity contribution in [1.29, 1.82) is 0 Å². The van der Waals surface area contributed by atoms with Crippen LogP contribution in [0.15, 0.2) is 24.3 Å². The number of benzene rings is 1. The molecule has 0 aliphatic carbocycles. The fourth-order valence-corrected chi connectivity index (χ4v) is 1.68. The summed E-state index contributed by atoms with van der Waals surface area (Å²) in [5.74, 6) is -2.84. The standard InChI is InChI=1S/C13H14N2O7/c1-8(16)22-7-12(17)14-10(13(18)19)6-9-4-2-3-5-11(9)15(20)21/h2-5,10H,6-7H2,1H3,(H,14,17)(H,18,19)/t10-/m1/s1. The van der Waals surface area contributed by atoms with Crippen molar-refractivity contribution >= 4 is 23.5 Å². The number of aliphatic carboxylic acids is 1. The van der Waals surface area contributed by atoms with E-state index in [0.717, 1.165) is 6.92 Å². The first-order valence-corrected chi connectivity index (χ1v) is 6.19. The molecule has 1 atom stereocenters. The van der Waals surface area contributed by atoms with E-state index < -0.39 is 35.4 Å². The number of carbonyl (C=O) groups is 3. The lowest BCUT2D eigenvalue weighted by atomic mass is 10.0. The molecule has 0 fully saturated rings. The molecule has 0 unspecified atom stereocenters. The number of esters is 1. The number of rotatable bonds is 7. The Hall–Kier alpha value is -2.97. The molecule has 0 spiro atoms. The molecule has 0 bridgehead atoms. The molecule has 0 aliphatic heterocycles. The molecule has 1 amide bonds. The summed E-state index contributed by atoms with van der Waals surface area (Å²) in [5.41, 5.74) is -0.0596. The summed E-state index contributed by atoms with van der Waals surface area (Å²) in [7, 11) is 0. The van der Waals surface area contributed by atoms with Crippen LogP contribution in [0.4, 0.5) is 5.69 Å². The highest BCUT2D eigenvalue weighted by Crippen LogP contribution is 2.19. The van der Waals surface area contributed by atoms with Crippen LogP contribution in [0.3, 0.4) is 0 Å². The number of carboxylic acid groups (broad SMARTS) is 1. The van der Waals surface area contributed by atoms with Gasteiger partial charge in [0.05, 0.1) is 4.92 Å². The molecule has 2 N–H and O–H groups in total. The van der Waals surface area contributed by atoms with Crippen LogP contribution in [0.5, 0.6) is 0 Å². The number of nitro benzene ring substituents is 1. The minimum Gasteiger partial charge on any atom is -0.480 e. The Bertz CT molecular complexity index is 600. The van der Waals surface area contributed by atoms with E-state index in [2.05, 4.69) is 10.1 Å². The summed E-state index contributed by atoms with van der Waals surface area (Å²) < 4.78 is 4.44. The van der Waals surface area contributed by atoms with Gasteiger partial charge in [-0.25, -0.2) is 4.79 Å². The van der Waals surface area contributed by atoms with Crippen molar-refractivity contribution < 1.29 is 29.2 Å². The Morgan fingerprint density at radius 3 is 2.55 bits per heavy atom. The molecule has 1 aromatic carbocycles. The Balaban J connectivity index is 2.81. The first-order chi connectivity index (χ1) is 10.3. The summed E-state index contributed by atoms with van der Waals surface area (Å²) in [6, 6.07) is 4.27. The molecule has 9 nitrogen and oxygen atoms in total. The molecule has 0 saturated carbocycles. The molecule has 22 heavy (non-hydrogen) atoms. The van der Waals surface area contributed by atoms with Gasteiger partial charge in [-0.15, -0.1) is 0 Å². The number of nitro groups is 1. The summed E-state index contributed by atoms with van der Waals surface area (Å²) in [6.45, 7) is 0.491. The lowest BCUT2D eigenvalue weighted by Gasteiger charge is -2.14. The summed E-state index contributed by atoms with van der Waals surface area (Å²) in [4.78, 5) is 43.5. The smallest absolute Gasteiger partial charge is 0.326 e. The average Bonchev–Trinajstić information content (AvgIpc) is 2.44. The number of amides is 1. The third-order valence-corrected chi connectivity index (χ3v) is 2.65. The van der Waals surface area contributed by atoms with Gasteiger partial charge in [0, 0.05) is 25.0 Å². The monoisotopic (exact) mass is 310 g/mol.